The van der Waals surface area contributed by atoms with Crippen LogP contribution < -0.4 is 24.5 Å². The number of nitro groups is 1. The van der Waals surface area contributed by atoms with Gasteiger partial charge >= 0.3 is 0 Å². The number of rotatable bonds is 5. The first kappa shape index (κ1) is 18.9. The summed E-state index contributed by atoms with van der Waals surface area (Å²) in [4.78, 5) is 30.4. The molecule has 0 radical (unpaired) electrons. The first-order valence-corrected chi connectivity index (χ1v) is 9.85. The molecule has 0 unspecified atom stereocenters. The molecule has 3 aromatic rings. The first-order chi connectivity index (χ1) is 14.0. The highest BCUT2D eigenvalue weighted by molar-refractivity contribution is 7.07. The Hall–Kier alpha value is -3.46. The maximum Gasteiger partial charge on any atom is 0.271 e. The highest BCUT2D eigenvalue weighted by atomic mass is 32.1. The van der Waals surface area contributed by atoms with E-state index >= 15 is 0 Å². The van der Waals surface area contributed by atoms with Gasteiger partial charge in [0.05, 0.1) is 16.1 Å². The Kier molecular flexibility index (Phi) is 5.13. The van der Waals surface area contributed by atoms with Crippen molar-refractivity contribution in [1.29, 1.82) is 0 Å². The van der Waals surface area contributed by atoms with Gasteiger partial charge in [0.1, 0.15) is 19.1 Å². The minimum absolute atomic E-state index is 0.00971. The van der Waals surface area contributed by atoms with Crippen LogP contribution in [0.15, 0.2) is 58.3 Å². The second-order valence-corrected chi connectivity index (χ2v) is 7.40. The largest absolute Gasteiger partial charge is 0.494 e. The van der Waals surface area contributed by atoms with Crippen molar-refractivity contribution in [3.63, 3.8) is 0 Å². The number of hydrogen-bond acceptors (Lipinski definition) is 7. The van der Waals surface area contributed by atoms with Crippen molar-refractivity contribution in [2.24, 2.45) is 4.99 Å². The number of thiazole rings is 1. The summed E-state index contributed by atoms with van der Waals surface area (Å²) in [6.45, 7) is 3.16. The quantitative estimate of drug-likeness (QED) is 0.475. The zero-order chi connectivity index (χ0) is 20.4. The van der Waals surface area contributed by atoms with Crippen LogP contribution in [0.2, 0.25) is 0 Å². The molecule has 0 amide bonds. The molecule has 0 fully saturated rings. The molecule has 0 bridgehead atoms. The fourth-order valence-electron chi connectivity index (χ4n) is 3.06. The van der Waals surface area contributed by atoms with Gasteiger partial charge in [-0.1, -0.05) is 29.5 Å². The summed E-state index contributed by atoms with van der Waals surface area (Å²) in [6.07, 6.45) is 1.83. The fraction of sp³-hybridized carbons (Fsp3) is 0.200. The van der Waals surface area contributed by atoms with Crippen molar-refractivity contribution < 1.29 is 9.66 Å². The number of fused-ring (bicyclic) bond motifs is 1. The van der Waals surface area contributed by atoms with Crippen molar-refractivity contribution in [3.8, 4) is 5.75 Å². The van der Waals surface area contributed by atoms with E-state index < -0.39 is 4.92 Å². The summed E-state index contributed by atoms with van der Waals surface area (Å²) in [5.74, 6) is 0.787. The van der Waals surface area contributed by atoms with Gasteiger partial charge < -0.3 is 9.64 Å². The smallest absolute Gasteiger partial charge is 0.271 e. The third kappa shape index (κ3) is 3.90. The number of anilines is 1. The second-order valence-electron chi connectivity index (χ2n) is 6.39. The highest BCUT2D eigenvalue weighted by Crippen LogP contribution is 2.22. The van der Waals surface area contributed by atoms with Gasteiger partial charge in [-0.15, -0.1) is 0 Å². The molecule has 0 spiro atoms. The maximum absolute atomic E-state index is 12.9. The number of nitrogens with zero attached hydrogens (tertiary/aromatic N) is 4. The predicted octanol–water partition coefficient (Wildman–Crippen LogP) is 2.10. The minimum Gasteiger partial charge on any atom is -0.494 e. The van der Waals surface area contributed by atoms with E-state index in [2.05, 4.69) is 4.99 Å². The third-order valence-electron chi connectivity index (χ3n) is 4.47. The van der Waals surface area contributed by atoms with E-state index in [1.54, 1.807) is 16.7 Å². The summed E-state index contributed by atoms with van der Waals surface area (Å²) < 4.78 is 7.62. The molecule has 0 aliphatic carbocycles. The molecule has 29 heavy (non-hydrogen) atoms. The molecule has 0 saturated carbocycles. The molecule has 8 nitrogen and oxygen atoms in total. The van der Waals surface area contributed by atoms with Crippen LogP contribution in [0, 0.1) is 10.1 Å². The lowest BCUT2D eigenvalue weighted by Gasteiger charge is -2.25. The van der Waals surface area contributed by atoms with E-state index in [0.29, 0.717) is 35.0 Å². The molecule has 4 rings (SSSR count). The van der Waals surface area contributed by atoms with Gasteiger partial charge in [0, 0.05) is 17.8 Å². The van der Waals surface area contributed by atoms with Crippen LogP contribution in [0.4, 0.5) is 11.4 Å². The van der Waals surface area contributed by atoms with Crippen LogP contribution in [-0.4, -0.2) is 22.8 Å². The van der Waals surface area contributed by atoms with Crippen LogP contribution in [0.1, 0.15) is 12.5 Å². The summed E-state index contributed by atoms with van der Waals surface area (Å²) in [5, 5.41) is 11.0. The molecule has 1 aromatic heterocycles. The molecule has 148 valence electrons. The Balaban J connectivity index is 1.64. The number of nitro benzene ring substituents is 1. The lowest BCUT2D eigenvalue weighted by molar-refractivity contribution is -0.384. The Bertz CT molecular complexity index is 1230. The summed E-state index contributed by atoms with van der Waals surface area (Å²) in [6, 6.07) is 13.9. The Labute approximate surface area is 169 Å². The molecule has 1 aliphatic heterocycles. The van der Waals surface area contributed by atoms with Crippen molar-refractivity contribution in [2.45, 2.75) is 13.6 Å². The monoisotopic (exact) mass is 410 g/mol. The Morgan fingerprint density at radius 1 is 1.28 bits per heavy atom. The number of aromatic nitrogens is 1. The molecule has 0 atom stereocenters. The van der Waals surface area contributed by atoms with Crippen LogP contribution in [0.25, 0.3) is 6.08 Å². The van der Waals surface area contributed by atoms with E-state index in [-0.39, 0.29) is 11.2 Å². The van der Waals surface area contributed by atoms with Crippen LogP contribution in [-0.2, 0) is 6.67 Å². The predicted molar refractivity (Wildman–Crippen MR) is 111 cm³/mol. The number of benzene rings is 2. The van der Waals surface area contributed by atoms with Crippen molar-refractivity contribution >= 4 is 28.8 Å². The Morgan fingerprint density at radius 3 is 2.79 bits per heavy atom. The molecule has 2 aromatic carbocycles. The topological polar surface area (TPSA) is 90.0 Å². The molecule has 1 aliphatic rings. The van der Waals surface area contributed by atoms with Crippen molar-refractivity contribution in [2.75, 3.05) is 18.2 Å². The van der Waals surface area contributed by atoms with Crippen LogP contribution in [0.5, 0.6) is 5.75 Å². The highest BCUT2D eigenvalue weighted by Gasteiger charge is 2.17. The van der Waals surface area contributed by atoms with Gasteiger partial charge in [0.2, 0.25) is 0 Å². The zero-order valence-corrected chi connectivity index (χ0v) is 16.5. The van der Waals surface area contributed by atoms with Crippen molar-refractivity contribution in [3.05, 3.63) is 83.9 Å². The summed E-state index contributed by atoms with van der Waals surface area (Å²) in [5.41, 5.74) is 1.44. The van der Waals surface area contributed by atoms with Crippen LogP contribution >= 0.6 is 11.3 Å². The van der Waals surface area contributed by atoms with E-state index in [0.717, 1.165) is 11.3 Å². The van der Waals surface area contributed by atoms with Crippen molar-refractivity contribution in [1.82, 2.24) is 4.57 Å². The lowest BCUT2D eigenvalue weighted by atomic mass is 10.2. The van der Waals surface area contributed by atoms with Gasteiger partial charge in [0.25, 0.3) is 11.2 Å². The summed E-state index contributed by atoms with van der Waals surface area (Å²) in [7, 11) is 0. The van der Waals surface area contributed by atoms with Gasteiger partial charge in [-0.05, 0) is 36.8 Å². The molecule has 2 heterocycles. The fourth-order valence-corrected chi connectivity index (χ4v) is 4.02. The first-order valence-electron chi connectivity index (χ1n) is 9.03. The molecule has 0 N–H and O–H groups in total. The average Bonchev–Trinajstić information content (AvgIpc) is 3.04. The van der Waals surface area contributed by atoms with Gasteiger partial charge in [0.15, 0.2) is 4.80 Å². The third-order valence-corrected chi connectivity index (χ3v) is 5.52. The van der Waals surface area contributed by atoms with Gasteiger partial charge in [-0.2, -0.15) is 0 Å². The molecular formula is C20H18N4O4S. The standard InChI is InChI=1S/C20H18N4O4S/c1-2-28-17-8-6-14(7-9-17)10-18-19(25)23-13-22(12-21-20(23)29-18)15-4-3-5-16(11-15)24(26)27/h3-11H,2,12-13H2,1H3/b18-10+. The molecular weight excluding hydrogens is 392 g/mol. The molecule has 9 heteroatoms. The number of non-ortho nitro benzene ring substituents is 1. The summed E-state index contributed by atoms with van der Waals surface area (Å²) >= 11 is 1.34. The zero-order valence-electron chi connectivity index (χ0n) is 15.6. The van der Waals surface area contributed by atoms with E-state index in [4.69, 9.17) is 4.74 Å². The second kappa shape index (κ2) is 7.88. The van der Waals surface area contributed by atoms with Gasteiger partial charge in [-0.3, -0.25) is 19.5 Å². The van der Waals surface area contributed by atoms with Gasteiger partial charge in [-0.25, -0.2) is 4.99 Å². The van der Waals surface area contributed by atoms with E-state index in [9.17, 15) is 14.9 Å². The average molecular weight is 410 g/mol. The normalized spacial score (nSPS) is 13.7. The lowest BCUT2D eigenvalue weighted by Crippen LogP contribution is -2.42. The maximum atomic E-state index is 12.9. The van der Waals surface area contributed by atoms with E-state index in [1.165, 1.54) is 23.5 Å². The minimum atomic E-state index is -0.434. The molecule has 0 saturated heterocycles. The van der Waals surface area contributed by atoms with E-state index in [1.807, 2.05) is 42.2 Å². The SMILES string of the molecule is CCOc1ccc(/C=c2/sc3n(c2=O)CN(c2cccc([N+](=O)[O-])c2)CN=3)cc1. The van der Waals surface area contributed by atoms with Crippen LogP contribution in [0.3, 0.4) is 0 Å². The number of hydrogen-bond donors (Lipinski definition) is 0. The number of ether oxygens (including phenoxy) is 1. The Morgan fingerprint density at radius 2 is 2.07 bits per heavy atom.